The van der Waals surface area contributed by atoms with Crippen molar-refractivity contribution in [3.8, 4) is 0 Å². The van der Waals surface area contributed by atoms with Crippen LogP contribution in [0.25, 0.3) is 0 Å². The molecule has 1 saturated carbocycles. The third-order valence-corrected chi connectivity index (χ3v) is 5.76. The summed E-state index contributed by atoms with van der Waals surface area (Å²) in [6, 6.07) is 1.49. The molecule has 23 heavy (non-hydrogen) atoms. The summed E-state index contributed by atoms with van der Waals surface area (Å²) in [5.41, 5.74) is 4.95. The van der Waals surface area contributed by atoms with Crippen molar-refractivity contribution >= 4 is 23.2 Å². The molecule has 128 valence electrons. The van der Waals surface area contributed by atoms with Crippen molar-refractivity contribution in [1.29, 1.82) is 0 Å². The third kappa shape index (κ3) is 4.54. The van der Waals surface area contributed by atoms with E-state index in [0.29, 0.717) is 29.2 Å². The molecule has 0 bridgehead atoms. The molecule has 1 aliphatic carbocycles. The highest BCUT2D eigenvalue weighted by Gasteiger charge is 2.37. The summed E-state index contributed by atoms with van der Waals surface area (Å²) in [5.74, 6) is -0.206. The first-order valence-electron chi connectivity index (χ1n) is 8.00. The van der Waals surface area contributed by atoms with Crippen LogP contribution in [0, 0.1) is 11.3 Å². The smallest absolute Gasteiger partial charge is 0.261 e. The number of amides is 2. The van der Waals surface area contributed by atoms with Crippen LogP contribution < -0.4 is 11.1 Å². The summed E-state index contributed by atoms with van der Waals surface area (Å²) < 4.78 is 0. The van der Waals surface area contributed by atoms with E-state index in [1.54, 1.807) is 5.38 Å². The van der Waals surface area contributed by atoms with Crippen LogP contribution in [-0.2, 0) is 0 Å². The summed E-state index contributed by atoms with van der Waals surface area (Å²) in [6.07, 6.45) is 3.35. The van der Waals surface area contributed by atoms with E-state index >= 15 is 0 Å². The van der Waals surface area contributed by atoms with Crippen molar-refractivity contribution in [1.82, 2.24) is 5.32 Å². The lowest BCUT2D eigenvalue weighted by Gasteiger charge is -2.41. The molecule has 1 aromatic heterocycles. The second-order valence-electron chi connectivity index (χ2n) is 7.61. The fourth-order valence-electron chi connectivity index (χ4n) is 3.11. The fraction of sp³-hybridized carbons (Fsp3) is 0.647. The largest absolute Gasteiger partial charge is 0.388 e. The lowest BCUT2D eigenvalue weighted by Crippen LogP contribution is -2.46. The van der Waals surface area contributed by atoms with Crippen molar-refractivity contribution in [2.45, 2.75) is 52.1 Å². The Morgan fingerprint density at radius 1 is 1.39 bits per heavy atom. The van der Waals surface area contributed by atoms with E-state index in [4.69, 9.17) is 5.73 Å². The molecule has 0 saturated heterocycles. The van der Waals surface area contributed by atoms with Crippen molar-refractivity contribution in [3.05, 3.63) is 21.9 Å². The second-order valence-corrected chi connectivity index (χ2v) is 8.52. The zero-order valence-corrected chi connectivity index (χ0v) is 14.8. The lowest BCUT2D eigenvalue weighted by molar-refractivity contribution is -0.0228. The first-order chi connectivity index (χ1) is 10.6. The zero-order chi connectivity index (χ0) is 17.3. The van der Waals surface area contributed by atoms with Crippen LogP contribution >= 0.6 is 11.3 Å². The van der Waals surface area contributed by atoms with E-state index in [-0.39, 0.29) is 17.9 Å². The number of hydrogen-bond donors (Lipinski definition) is 3. The van der Waals surface area contributed by atoms with E-state index in [9.17, 15) is 14.7 Å². The maximum Gasteiger partial charge on any atom is 0.261 e. The van der Waals surface area contributed by atoms with Crippen molar-refractivity contribution in [2.75, 3.05) is 6.54 Å². The molecule has 0 atom stereocenters. The van der Waals surface area contributed by atoms with Gasteiger partial charge in [0.15, 0.2) is 0 Å². The molecule has 0 radical (unpaired) electrons. The Kier molecular flexibility index (Phi) is 5.16. The SMILES string of the molecule is CC(C)(C)C1CCC(O)(CNC(=O)c2cc(C(N)=O)cs2)CC1. The van der Waals surface area contributed by atoms with Crippen LogP contribution in [-0.4, -0.2) is 29.1 Å². The van der Waals surface area contributed by atoms with Gasteiger partial charge in [-0.2, -0.15) is 0 Å². The van der Waals surface area contributed by atoms with Gasteiger partial charge >= 0.3 is 0 Å². The predicted molar refractivity (Wildman–Crippen MR) is 91.5 cm³/mol. The highest BCUT2D eigenvalue weighted by Crippen LogP contribution is 2.41. The van der Waals surface area contributed by atoms with E-state index in [2.05, 4.69) is 26.1 Å². The fourth-order valence-corrected chi connectivity index (χ4v) is 3.93. The molecule has 1 aliphatic rings. The predicted octanol–water partition coefficient (Wildman–Crippen LogP) is 2.54. The number of aliphatic hydroxyl groups is 1. The highest BCUT2D eigenvalue weighted by molar-refractivity contribution is 7.12. The molecule has 0 unspecified atom stereocenters. The molecule has 2 amide bonds. The Morgan fingerprint density at radius 3 is 2.48 bits per heavy atom. The number of primary amides is 1. The van der Waals surface area contributed by atoms with Crippen LogP contribution in [0.4, 0.5) is 0 Å². The average molecular weight is 338 g/mol. The molecule has 1 aromatic rings. The molecule has 5 nitrogen and oxygen atoms in total. The van der Waals surface area contributed by atoms with Gasteiger partial charge in [-0.25, -0.2) is 0 Å². The van der Waals surface area contributed by atoms with Gasteiger partial charge in [0, 0.05) is 11.9 Å². The summed E-state index contributed by atoms with van der Waals surface area (Å²) in [6.45, 7) is 6.94. The standard InChI is InChI=1S/C17H26N2O3S/c1-16(2,3)12-4-6-17(22,7-5-12)10-19-15(21)13-8-11(9-23-13)14(18)20/h8-9,12,22H,4-7,10H2,1-3H3,(H2,18,20)(H,19,21). The van der Waals surface area contributed by atoms with Gasteiger partial charge in [-0.05, 0) is 43.1 Å². The Morgan fingerprint density at radius 2 is 2.00 bits per heavy atom. The van der Waals surface area contributed by atoms with Crippen LogP contribution in [0.1, 0.15) is 66.5 Å². The normalized spacial score (nSPS) is 25.1. The molecule has 0 aromatic carbocycles. The minimum absolute atomic E-state index is 0.243. The lowest BCUT2D eigenvalue weighted by atomic mass is 9.68. The number of thiophene rings is 1. The Bertz CT molecular complexity index is 581. The van der Waals surface area contributed by atoms with E-state index in [1.165, 1.54) is 17.4 Å². The summed E-state index contributed by atoms with van der Waals surface area (Å²) in [4.78, 5) is 23.6. The van der Waals surface area contributed by atoms with Crippen LogP contribution in [0.5, 0.6) is 0 Å². The van der Waals surface area contributed by atoms with Gasteiger partial charge < -0.3 is 16.2 Å². The minimum atomic E-state index is -0.832. The maximum absolute atomic E-state index is 12.1. The number of hydrogen-bond acceptors (Lipinski definition) is 4. The number of rotatable bonds is 4. The molecular weight excluding hydrogens is 312 g/mol. The molecule has 0 aliphatic heterocycles. The maximum atomic E-state index is 12.1. The Labute approximate surface area is 141 Å². The number of carbonyl (C=O) groups excluding carboxylic acids is 2. The Balaban J connectivity index is 1.87. The summed E-state index contributed by atoms with van der Waals surface area (Å²) in [7, 11) is 0. The highest BCUT2D eigenvalue weighted by atomic mass is 32.1. The van der Waals surface area contributed by atoms with Crippen molar-refractivity contribution in [2.24, 2.45) is 17.1 Å². The summed E-state index contributed by atoms with van der Waals surface area (Å²) in [5, 5.41) is 15.0. The first kappa shape index (κ1) is 17.9. The molecule has 1 heterocycles. The van der Waals surface area contributed by atoms with Crippen molar-refractivity contribution < 1.29 is 14.7 Å². The van der Waals surface area contributed by atoms with Gasteiger partial charge in [-0.3, -0.25) is 9.59 Å². The van der Waals surface area contributed by atoms with Gasteiger partial charge in [0.1, 0.15) is 0 Å². The Hall–Kier alpha value is -1.40. The number of nitrogens with one attached hydrogen (secondary N) is 1. The first-order valence-corrected chi connectivity index (χ1v) is 8.88. The van der Waals surface area contributed by atoms with Crippen molar-refractivity contribution in [3.63, 3.8) is 0 Å². The van der Waals surface area contributed by atoms with Gasteiger partial charge in [0.05, 0.1) is 16.0 Å². The van der Waals surface area contributed by atoms with Crippen LogP contribution in [0.15, 0.2) is 11.4 Å². The van der Waals surface area contributed by atoms with E-state index < -0.39 is 11.5 Å². The van der Waals surface area contributed by atoms with Gasteiger partial charge in [-0.1, -0.05) is 20.8 Å². The average Bonchev–Trinajstić information content (AvgIpc) is 2.94. The number of carbonyl (C=O) groups is 2. The second kappa shape index (κ2) is 6.61. The van der Waals surface area contributed by atoms with Gasteiger partial charge in [0.25, 0.3) is 5.91 Å². The van der Waals surface area contributed by atoms with E-state index in [1.807, 2.05) is 0 Å². The third-order valence-electron chi connectivity index (χ3n) is 4.83. The summed E-state index contributed by atoms with van der Waals surface area (Å²) >= 11 is 1.18. The monoisotopic (exact) mass is 338 g/mol. The quantitative estimate of drug-likeness (QED) is 0.787. The minimum Gasteiger partial charge on any atom is -0.388 e. The molecule has 2 rings (SSSR count). The topological polar surface area (TPSA) is 92.4 Å². The molecule has 1 fully saturated rings. The zero-order valence-electron chi connectivity index (χ0n) is 14.0. The van der Waals surface area contributed by atoms with Gasteiger partial charge in [-0.15, -0.1) is 11.3 Å². The molecular formula is C17H26N2O3S. The molecule has 0 spiro atoms. The van der Waals surface area contributed by atoms with Crippen LogP contribution in [0.2, 0.25) is 0 Å². The molecule has 6 heteroatoms. The van der Waals surface area contributed by atoms with E-state index in [0.717, 1.165) is 12.8 Å². The van der Waals surface area contributed by atoms with Crippen LogP contribution in [0.3, 0.4) is 0 Å². The number of nitrogens with two attached hydrogens (primary N) is 1. The molecule has 4 N–H and O–H groups in total. The van der Waals surface area contributed by atoms with Gasteiger partial charge in [0.2, 0.25) is 5.91 Å².